The molecule has 1 saturated heterocycles. The zero-order valence-electron chi connectivity index (χ0n) is 9.49. The lowest BCUT2D eigenvalue weighted by Crippen LogP contribution is -2.41. The smallest absolute Gasteiger partial charge is 0.106 e. The standard InChI is InChI=1S/C12H15ClN2OS/c13-10-2-1-3-11(8-10)17-9-12(14)15-4-6-16-7-5-15/h1-3,8,14H,4-7,9H2. The average Bonchev–Trinajstić information content (AvgIpc) is 2.37. The fourth-order valence-electron chi connectivity index (χ4n) is 1.63. The van der Waals surface area contributed by atoms with Gasteiger partial charge in [0, 0.05) is 23.0 Å². The molecule has 0 radical (unpaired) electrons. The molecule has 0 aliphatic carbocycles. The van der Waals surface area contributed by atoms with Crippen LogP contribution in [0.3, 0.4) is 0 Å². The quantitative estimate of drug-likeness (QED) is 0.521. The van der Waals surface area contributed by atoms with Crippen LogP contribution in [0.4, 0.5) is 0 Å². The summed E-state index contributed by atoms with van der Waals surface area (Å²) in [6, 6.07) is 7.74. The van der Waals surface area contributed by atoms with E-state index in [-0.39, 0.29) is 0 Å². The molecule has 92 valence electrons. The first-order valence-electron chi connectivity index (χ1n) is 5.54. The highest BCUT2D eigenvalue weighted by molar-refractivity contribution is 8.00. The Morgan fingerprint density at radius 3 is 2.88 bits per heavy atom. The Morgan fingerprint density at radius 1 is 1.41 bits per heavy atom. The summed E-state index contributed by atoms with van der Waals surface area (Å²) in [5.41, 5.74) is 0. The summed E-state index contributed by atoms with van der Waals surface area (Å²) in [6.45, 7) is 3.11. The minimum absolute atomic E-state index is 0.665. The summed E-state index contributed by atoms with van der Waals surface area (Å²) in [7, 11) is 0. The van der Waals surface area contributed by atoms with Crippen molar-refractivity contribution in [2.75, 3.05) is 32.1 Å². The summed E-state index contributed by atoms with van der Waals surface area (Å²) >= 11 is 7.56. The molecule has 3 nitrogen and oxygen atoms in total. The van der Waals surface area contributed by atoms with Gasteiger partial charge in [-0.25, -0.2) is 0 Å². The van der Waals surface area contributed by atoms with Crippen molar-refractivity contribution < 1.29 is 4.74 Å². The number of amidine groups is 1. The molecule has 1 aliphatic rings. The zero-order valence-corrected chi connectivity index (χ0v) is 11.1. The molecule has 0 saturated carbocycles. The number of thioether (sulfide) groups is 1. The normalized spacial score (nSPS) is 15.9. The van der Waals surface area contributed by atoms with Gasteiger partial charge in [-0.15, -0.1) is 11.8 Å². The van der Waals surface area contributed by atoms with Crippen LogP contribution in [0.2, 0.25) is 5.02 Å². The highest BCUT2D eigenvalue weighted by Gasteiger charge is 2.13. The van der Waals surface area contributed by atoms with Gasteiger partial charge in [-0.1, -0.05) is 17.7 Å². The molecule has 0 spiro atoms. The summed E-state index contributed by atoms with van der Waals surface area (Å²) in [5.74, 6) is 1.35. The third-order valence-electron chi connectivity index (χ3n) is 2.56. The summed E-state index contributed by atoms with van der Waals surface area (Å²) in [6.07, 6.45) is 0. The minimum Gasteiger partial charge on any atom is -0.378 e. The second-order valence-electron chi connectivity index (χ2n) is 3.79. The number of benzene rings is 1. The maximum atomic E-state index is 8.00. The zero-order chi connectivity index (χ0) is 12.1. The SMILES string of the molecule is N=C(CSc1cccc(Cl)c1)N1CCOCC1. The van der Waals surface area contributed by atoms with Gasteiger partial charge in [0.2, 0.25) is 0 Å². The lowest BCUT2D eigenvalue weighted by atomic mass is 10.4. The van der Waals surface area contributed by atoms with E-state index in [4.69, 9.17) is 21.7 Å². The predicted octanol–water partition coefficient (Wildman–Crippen LogP) is 2.74. The van der Waals surface area contributed by atoms with E-state index in [9.17, 15) is 0 Å². The van der Waals surface area contributed by atoms with E-state index in [0.29, 0.717) is 11.6 Å². The van der Waals surface area contributed by atoms with E-state index < -0.39 is 0 Å². The van der Waals surface area contributed by atoms with Gasteiger partial charge >= 0.3 is 0 Å². The molecule has 17 heavy (non-hydrogen) atoms. The minimum atomic E-state index is 0.665. The molecule has 1 heterocycles. The number of nitrogens with one attached hydrogen (secondary N) is 1. The molecule has 0 unspecified atom stereocenters. The molecule has 1 N–H and O–H groups in total. The van der Waals surface area contributed by atoms with Crippen LogP contribution in [0.1, 0.15) is 0 Å². The van der Waals surface area contributed by atoms with E-state index in [1.54, 1.807) is 11.8 Å². The Labute approximate surface area is 111 Å². The number of nitrogens with zero attached hydrogens (tertiary/aromatic N) is 1. The topological polar surface area (TPSA) is 36.3 Å². The molecule has 0 aromatic heterocycles. The molecular weight excluding hydrogens is 256 g/mol. The lowest BCUT2D eigenvalue weighted by molar-refractivity contribution is 0.0676. The number of hydrogen-bond donors (Lipinski definition) is 1. The van der Waals surface area contributed by atoms with Crippen molar-refractivity contribution in [3.8, 4) is 0 Å². The van der Waals surface area contributed by atoms with Crippen LogP contribution >= 0.6 is 23.4 Å². The number of hydrogen-bond acceptors (Lipinski definition) is 3. The molecule has 0 amide bonds. The maximum Gasteiger partial charge on any atom is 0.106 e. The largest absolute Gasteiger partial charge is 0.378 e. The van der Waals surface area contributed by atoms with Gasteiger partial charge in [-0.05, 0) is 18.2 Å². The summed E-state index contributed by atoms with van der Waals surface area (Å²) < 4.78 is 5.27. The van der Waals surface area contributed by atoms with Gasteiger partial charge in [0.05, 0.1) is 19.0 Å². The van der Waals surface area contributed by atoms with Crippen LogP contribution in [0, 0.1) is 5.41 Å². The molecule has 5 heteroatoms. The Balaban J connectivity index is 1.83. The van der Waals surface area contributed by atoms with Crippen molar-refractivity contribution in [2.24, 2.45) is 0 Å². The molecular formula is C12H15ClN2OS. The first-order chi connectivity index (χ1) is 8.25. The van der Waals surface area contributed by atoms with Crippen LogP contribution in [-0.4, -0.2) is 42.8 Å². The average molecular weight is 271 g/mol. The number of halogens is 1. The molecule has 1 aliphatic heterocycles. The van der Waals surface area contributed by atoms with Crippen LogP contribution in [-0.2, 0) is 4.74 Å². The predicted molar refractivity (Wildman–Crippen MR) is 72.3 cm³/mol. The van der Waals surface area contributed by atoms with Crippen LogP contribution in [0.15, 0.2) is 29.2 Å². The fourth-order valence-corrected chi connectivity index (χ4v) is 2.76. The molecule has 1 fully saturated rings. The maximum absolute atomic E-state index is 8.00. The van der Waals surface area contributed by atoms with Gasteiger partial charge in [-0.3, -0.25) is 5.41 Å². The van der Waals surface area contributed by atoms with E-state index in [0.717, 1.165) is 36.2 Å². The molecule has 0 atom stereocenters. The monoisotopic (exact) mass is 270 g/mol. The summed E-state index contributed by atoms with van der Waals surface area (Å²) in [5, 5.41) is 8.75. The van der Waals surface area contributed by atoms with Crippen LogP contribution in [0.25, 0.3) is 0 Å². The molecule has 1 aromatic rings. The van der Waals surface area contributed by atoms with Crippen molar-refractivity contribution in [1.82, 2.24) is 4.90 Å². The third kappa shape index (κ3) is 3.91. The molecule has 2 rings (SSSR count). The van der Waals surface area contributed by atoms with Gasteiger partial charge < -0.3 is 9.64 Å². The van der Waals surface area contributed by atoms with E-state index in [1.807, 2.05) is 24.3 Å². The Bertz CT molecular complexity index is 394. The summed E-state index contributed by atoms with van der Waals surface area (Å²) in [4.78, 5) is 3.18. The van der Waals surface area contributed by atoms with Crippen molar-refractivity contribution in [3.63, 3.8) is 0 Å². The van der Waals surface area contributed by atoms with Crippen molar-refractivity contribution in [1.29, 1.82) is 5.41 Å². The van der Waals surface area contributed by atoms with Gasteiger partial charge in [-0.2, -0.15) is 0 Å². The van der Waals surface area contributed by atoms with Crippen LogP contribution in [0.5, 0.6) is 0 Å². The number of rotatable bonds is 3. The Kier molecular flexibility index (Phi) is 4.71. The van der Waals surface area contributed by atoms with E-state index in [1.165, 1.54) is 0 Å². The van der Waals surface area contributed by atoms with Crippen molar-refractivity contribution >= 4 is 29.2 Å². The first kappa shape index (κ1) is 12.7. The fraction of sp³-hybridized carbons (Fsp3) is 0.417. The number of morpholine rings is 1. The number of ether oxygens (including phenoxy) is 1. The third-order valence-corrected chi connectivity index (χ3v) is 3.80. The second-order valence-corrected chi connectivity index (χ2v) is 5.28. The Morgan fingerprint density at radius 2 is 2.18 bits per heavy atom. The van der Waals surface area contributed by atoms with Gasteiger partial charge in [0.25, 0.3) is 0 Å². The van der Waals surface area contributed by atoms with E-state index >= 15 is 0 Å². The lowest BCUT2D eigenvalue weighted by Gasteiger charge is -2.28. The van der Waals surface area contributed by atoms with Crippen molar-refractivity contribution in [2.45, 2.75) is 4.90 Å². The highest BCUT2D eigenvalue weighted by atomic mass is 35.5. The van der Waals surface area contributed by atoms with Crippen molar-refractivity contribution in [3.05, 3.63) is 29.3 Å². The molecule has 1 aromatic carbocycles. The highest BCUT2D eigenvalue weighted by Crippen LogP contribution is 2.22. The van der Waals surface area contributed by atoms with Gasteiger partial charge in [0.15, 0.2) is 0 Å². The Hall–Kier alpha value is -0.710. The van der Waals surface area contributed by atoms with E-state index in [2.05, 4.69) is 4.90 Å². The molecule has 0 bridgehead atoms. The second kappa shape index (κ2) is 6.28. The first-order valence-corrected chi connectivity index (χ1v) is 6.90. The van der Waals surface area contributed by atoms with Crippen LogP contribution < -0.4 is 0 Å². The van der Waals surface area contributed by atoms with Gasteiger partial charge in [0.1, 0.15) is 5.84 Å².